The number of anilines is 1. The summed E-state index contributed by atoms with van der Waals surface area (Å²) in [5, 5.41) is 8.34. The van der Waals surface area contributed by atoms with E-state index in [1.54, 1.807) is 30.3 Å². The van der Waals surface area contributed by atoms with Crippen LogP contribution in [0.3, 0.4) is 0 Å². The van der Waals surface area contributed by atoms with Crippen molar-refractivity contribution in [2.75, 3.05) is 5.32 Å². The van der Waals surface area contributed by atoms with E-state index in [2.05, 4.69) is 5.32 Å². The van der Waals surface area contributed by atoms with Crippen molar-refractivity contribution < 1.29 is 9.21 Å². The van der Waals surface area contributed by atoms with Crippen LogP contribution in [0.4, 0.5) is 5.00 Å². The molecule has 0 saturated carbocycles. The van der Waals surface area contributed by atoms with Gasteiger partial charge < -0.3 is 9.73 Å². The van der Waals surface area contributed by atoms with Gasteiger partial charge in [0.05, 0.1) is 0 Å². The smallest absolute Gasteiger partial charge is 0.347 e. The Morgan fingerprint density at radius 2 is 1.85 bits per heavy atom. The first-order valence-electron chi connectivity index (χ1n) is 7.79. The number of ketones is 1. The minimum Gasteiger partial charge on any atom is -0.422 e. The van der Waals surface area contributed by atoms with E-state index >= 15 is 0 Å². The van der Waals surface area contributed by atoms with Crippen molar-refractivity contribution in [2.45, 2.75) is 0 Å². The zero-order valence-electron chi connectivity index (χ0n) is 13.4. The Morgan fingerprint density at radius 1 is 1.08 bits per heavy atom. The summed E-state index contributed by atoms with van der Waals surface area (Å²) in [6.07, 6.45) is 2.94. The lowest BCUT2D eigenvalue weighted by Crippen LogP contribution is -2.01. The van der Waals surface area contributed by atoms with Crippen molar-refractivity contribution in [3.05, 3.63) is 87.2 Å². The lowest BCUT2D eigenvalue weighted by Gasteiger charge is -2.00. The van der Waals surface area contributed by atoms with Gasteiger partial charge >= 0.3 is 5.63 Å². The molecule has 0 saturated heterocycles. The molecule has 0 spiro atoms. The minimum absolute atomic E-state index is 0.160. The van der Waals surface area contributed by atoms with Gasteiger partial charge in [-0.2, -0.15) is 0 Å². The average molecular weight is 382 g/mol. The van der Waals surface area contributed by atoms with Gasteiger partial charge in [0.1, 0.15) is 16.0 Å². The lowest BCUT2D eigenvalue weighted by atomic mass is 10.1. The van der Waals surface area contributed by atoms with Gasteiger partial charge in [0.15, 0.2) is 5.78 Å². The summed E-state index contributed by atoms with van der Waals surface area (Å²) >= 11 is 7.21. The first-order chi connectivity index (χ1) is 12.6. The molecule has 0 fully saturated rings. The van der Waals surface area contributed by atoms with Crippen LogP contribution >= 0.6 is 22.9 Å². The Balaban J connectivity index is 1.63. The summed E-state index contributed by atoms with van der Waals surface area (Å²) < 4.78 is 5.39. The van der Waals surface area contributed by atoms with Crippen LogP contribution in [0, 0.1) is 0 Å². The fraction of sp³-hybridized carbons (Fsp3) is 0. The summed E-state index contributed by atoms with van der Waals surface area (Å²) in [7, 11) is 0. The summed E-state index contributed by atoms with van der Waals surface area (Å²) in [5.41, 5.74) is 0.691. The van der Waals surface area contributed by atoms with Crippen molar-refractivity contribution in [1.29, 1.82) is 0 Å². The first kappa shape index (κ1) is 16.6. The molecule has 2 aromatic carbocycles. The van der Waals surface area contributed by atoms with Crippen molar-refractivity contribution in [1.82, 2.24) is 0 Å². The molecule has 0 amide bonds. The van der Waals surface area contributed by atoms with Gasteiger partial charge in [0.2, 0.25) is 0 Å². The maximum atomic E-state index is 12.3. The maximum Gasteiger partial charge on any atom is 0.347 e. The molecule has 4 aromatic rings. The number of fused-ring (bicyclic) bond motifs is 3. The molecular formula is C20H12ClNO3S. The van der Waals surface area contributed by atoms with E-state index in [0.29, 0.717) is 26.6 Å². The van der Waals surface area contributed by atoms with Crippen LogP contribution in [0.2, 0.25) is 5.02 Å². The SMILES string of the molecule is O=C(/C=C\Nc1scc2c1c(=O)oc1ccccc12)c1ccc(Cl)cc1. The van der Waals surface area contributed by atoms with E-state index in [4.69, 9.17) is 16.0 Å². The number of allylic oxidation sites excluding steroid dienone is 1. The molecule has 0 aliphatic heterocycles. The van der Waals surface area contributed by atoms with Gasteiger partial charge in [-0.1, -0.05) is 29.8 Å². The second-order valence-electron chi connectivity index (χ2n) is 5.59. The Morgan fingerprint density at radius 3 is 2.65 bits per heavy atom. The molecule has 128 valence electrons. The second kappa shape index (κ2) is 6.78. The Kier molecular flexibility index (Phi) is 4.32. The van der Waals surface area contributed by atoms with Gasteiger partial charge in [-0.25, -0.2) is 4.79 Å². The fourth-order valence-corrected chi connectivity index (χ4v) is 3.75. The van der Waals surface area contributed by atoms with Gasteiger partial charge in [0.25, 0.3) is 0 Å². The highest BCUT2D eigenvalue weighted by Gasteiger charge is 2.13. The standard InChI is InChI=1S/C20H12ClNO3S/c21-13-7-5-12(6-8-13)16(23)9-10-22-19-18-15(11-26-19)14-3-1-2-4-17(14)25-20(18)24/h1-11,22H/b10-9-. The number of rotatable bonds is 4. The Hall–Kier alpha value is -2.89. The maximum absolute atomic E-state index is 12.3. The van der Waals surface area contributed by atoms with Crippen LogP contribution in [0.15, 0.2) is 75.4 Å². The number of hydrogen-bond acceptors (Lipinski definition) is 5. The topological polar surface area (TPSA) is 59.3 Å². The molecule has 2 aromatic heterocycles. The van der Waals surface area contributed by atoms with E-state index in [0.717, 1.165) is 10.8 Å². The molecule has 4 nitrogen and oxygen atoms in total. The van der Waals surface area contributed by atoms with E-state index in [1.807, 2.05) is 23.6 Å². The van der Waals surface area contributed by atoms with Crippen LogP contribution in [0.1, 0.15) is 10.4 Å². The fourth-order valence-electron chi connectivity index (χ4n) is 2.70. The minimum atomic E-state index is -0.403. The summed E-state index contributed by atoms with van der Waals surface area (Å²) in [4.78, 5) is 24.5. The summed E-state index contributed by atoms with van der Waals surface area (Å²) in [6.45, 7) is 0. The van der Waals surface area contributed by atoms with Gasteiger partial charge in [-0.05, 0) is 30.3 Å². The number of carbonyl (C=O) groups excluding carboxylic acids is 1. The molecular weight excluding hydrogens is 370 g/mol. The van der Waals surface area contributed by atoms with Crippen molar-refractivity contribution in [3.8, 4) is 0 Å². The molecule has 0 radical (unpaired) electrons. The van der Waals surface area contributed by atoms with Gasteiger partial charge in [-0.15, -0.1) is 11.3 Å². The van der Waals surface area contributed by atoms with Crippen molar-refractivity contribution in [2.24, 2.45) is 0 Å². The average Bonchev–Trinajstić information content (AvgIpc) is 3.07. The molecule has 0 aliphatic carbocycles. The summed E-state index contributed by atoms with van der Waals surface area (Å²) in [6, 6.07) is 14.1. The number of halogens is 1. The van der Waals surface area contributed by atoms with Crippen LogP contribution in [0.25, 0.3) is 21.7 Å². The van der Waals surface area contributed by atoms with Gasteiger partial charge in [0, 0.05) is 39.0 Å². The van der Waals surface area contributed by atoms with Crippen LogP contribution in [0.5, 0.6) is 0 Å². The predicted molar refractivity (Wildman–Crippen MR) is 106 cm³/mol. The highest BCUT2D eigenvalue weighted by Crippen LogP contribution is 2.33. The normalized spacial score (nSPS) is 11.4. The third-order valence-corrected chi connectivity index (χ3v) is 5.12. The number of benzene rings is 2. The highest BCUT2D eigenvalue weighted by atomic mass is 35.5. The van der Waals surface area contributed by atoms with Crippen molar-refractivity contribution >= 4 is 55.5 Å². The molecule has 2 heterocycles. The number of thiophene rings is 1. The second-order valence-corrected chi connectivity index (χ2v) is 6.90. The van der Waals surface area contributed by atoms with Gasteiger partial charge in [-0.3, -0.25) is 4.79 Å². The molecule has 0 unspecified atom stereocenters. The number of nitrogens with one attached hydrogen (secondary N) is 1. The zero-order valence-corrected chi connectivity index (χ0v) is 14.9. The lowest BCUT2D eigenvalue weighted by molar-refractivity contribution is 0.104. The van der Waals surface area contributed by atoms with E-state index in [-0.39, 0.29) is 5.78 Å². The van der Waals surface area contributed by atoms with E-state index in [1.165, 1.54) is 23.6 Å². The van der Waals surface area contributed by atoms with E-state index in [9.17, 15) is 9.59 Å². The number of carbonyl (C=O) groups is 1. The molecule has 4 rings (SSSR count). The first-order valence-corrected chi connectivity index (χ1v) is 9.05. The van der Waals surface area contributed by atoms with Crippen LogP contribution in [-0.4, -0.2) is 5.78 Å². The third-order valence-electron chi connectivity index (χ3n) is 3.95. The monoisotopic (exact) mass is 381 g/mol. The quantitative estimate of drug-likeness (QED) is 0.289. The highest BCUT2D eigenvalue weighted by molar-refractivity contribution is 7.16. The van der Waals surface area contributed by atoms with Crippen molar-refractivity contribution in [3.63, 3.8) is 0 Å². The van der Waals surface area contributed by atoms with E-state index < -0.39 is 5.63 Å². The third kappa shape index (κ3) is 3.03. The molecule has 1 N–H and O–H groups in total. The molecule has 26 heavy (non-hydrogen) atoms. The molecule has 0 aliphatic rings. The zero-order chi connectivity index (χ0) is 18.1. The largest absolute Gasteiger partial charge is 0.422 e. The Labute approximate surface area is 157 Å². The molecule has 0 atom stereocenters. The predicted octanol–water partition coefficient (Wildman–Crippen LogP) is 5.47. The Bertz CT molecular complexity index is 1210. The number of para-hydroxylation sites is 1. The van der Waals surface area contributed by atoms with Crippen LogP contribution in [-0.2, 0) is 0 Å². The molecule has 6 heteroatoms. The number of hydrogen-bond donors (Lipinski definition) is 1. The summed E-state index contributed by atoms with van der Waals surface area (Å²) in [5.74, 6) is -0.160. The molecule has 0 bridgehead atoms. The van der Waals surface area contributed by atoms with Crippen LogP contribution < -0.4 is 10.9 Å².